The van der Waals surface area contributed by atoms with Crippen LogP contribution < -0.4 is 4.90 Å². The minimum atomic E-state index is -0.335. The number of nitrogens with zero attached hydrogens (tertiary/aromatic N) is 3. The Morgan fingerprint density at radius 2 is 2.12 bits per heavy atom. The van der Waals surface area contributed by atoms with Crippen LogP contribution >= 0.6 is 11.8 Å². The van der Waals surface area contributed by atoms with Gasteiger partial charge < -0.3 is 13.7 Å². The molecule has 0 radical (unpaired) electrons. The lowest BCUT2D eigenvalue weighted by atomic mass is 10.1. The van der Waals surface area contributed by atoms with E-state index in [2.05, 4.69) is 23.2 Å². The number of furan rings is 1. The minimum absolute atomic E-state index is 0.0419. The SMILES string of the molecule is C[C@@H]1Cc2ccccc2N1C(=O)[C@@H](C)Sc1nnc(-c2ccco2)o1. The quantitative estimate of drug-likeness (QED) is 0.663. The van der Waals surface area contributed by atoms with E-state index >= 15 is 0 Å². The molecular weight excluding hydrogens is 338 g/mol. The number of hydrogen-bond acceptors (Lipinski definition) is 6. The number of carbonyl (C=O) groups is 1. The Bertz CT molecular complexity index is 891. The van der Waals surface area contributed by atoms with Crippen LogP contribution in [0.15, 0.2) is 56.7 Å². The average Bonchev–Trinajstić information content (AvgIpc) is 3.32. The molecule has 0 spiro atoms. The van der Waals surface area contributed by atoms with Gasteiger partial charge in [-0.15, -0.1) is 10.2 Å². The molecule has 0 N–H and O–H groups in total. The van der Waals surface area contributed by atoms with Crippen molar-refractivity contribution in [2.45, 2.75) is 36.8 Å². The van der Waals surface area contributed by atoms with Crippen LogP contribution in [0.2, 0.25) is 0 Å². The lowest BCUT2D eigenvalue weighted by Gasteiger charge is -2.25. The van der Waals surface area contributed by atoms with E-state index in [4.69, 9.17) is 8.83 Å². The summed E-state index contributed by atoms with van der Waals surface area (Å²) >= 11 is 1.26. The third-order valence-corrected chi connectivity index (χ3v) is 5.13. The minimum Gasteiger partial charge on any atom is -0.459 e. The Morgan fingerprint density at radius 3 is 2.92 bits per heavy atom. The fraction of sp³-hybridized carbons (Fsp3) is 0.278. The number of benzene rings is 1. The first-order chi connectivity index (χ1) is 12.1. The summed E-state index contributed by atoms with van der Waals surface area (Å²) in [5.74, 6) is 0.868. The van der Waals surface area contributed by atoms with Crippen LogP contribution in [-0.4, -0.2) is 27.4 Å². The van der Waals surface area contributed by atoms with Gasteiger partial charge in [-0.25, -0.2) is 0 Å². The summed E-state index contributed by atoms with van der Waals surface area (Å²) < 4.78 is 10.8. The molecule has 4 rings (SSSR count). The zero-order valence-corrected chi connectivity index (χ0v) is 14.7. The third-order valence-electron chi connectivity index (χ3n) is 4.21. The molecule has 6 nitrogen and oxygen atoms in total. The number of aromatic nitrogens is 2. The summed E-state index contributed by atoms with van der Waals surface area (Å²) in [5.41, 5.74) is 2.20. The molecule has 2 atom stereocenters. The monoisotopic (exact) mass is 355 g/mol. The van der Waals surface area contributed by atoms with E-state index < -0.39 is 0 Å². The van der Waals surface area contributed by atoms with Crippen LogP contribution in [0.3, 0.4) is 0 Å². The van der Waals surface area contributed by atoms with Crippen LogP contribution in [0.1, 0.15) is 19.4 Å². The van der Waals surface area contributed by atoms with Crippen molar-refractivity contribution in [3.63, 3.8) is 0 Å². The molecular formula is C18H17N3O3S. The Labute approximate surface area is 149 Å². The molecule has 0 fully saturated rings. The highest BCUT2D eigenvalue weighted by atomic mass is 32.2. The van der Waals surface area contributed by atoms with Gasteiger partial charge in [0.2, 0.25) is 5.91 Å². The highest BCUT2D eigenvalue weighted by Crippen LogP contribution is 2.35. The van der Waals surface area contributed by atoms with Gasteiger partial charge in [-0.2, -0.15) is 0 Å². The Balaban J connectivity index is 1.50. The average molecular weight is 355 g/mol. The van der Waals surface area contributed by atoms with Gasteiger partial charge in [0.25, 0.3) is 11.1 Å². The van der Waals surface area contributed by atoms with Gasteiger partial charge in [-0.3, -0.25) is 4.79 Å². The van der Waals surface area contributed by atoms with Gasteiger partial charge in [0, 0.05) is 11.7 Å². The molecule has 1 aliphatic rings. The fourth-order valence-electron chi connectivity index (χ4n) is 3.06. The Kier molecular flexibility index (Phi) is 4.09. The molecule has 0 aliphatic carbocycles. The molecule has 7 heteroatoms. The van der Waals surface area contributed by atoms with Gasteiger partial charge in [-0.05, 0) is 44.0 Å². The summed E-state index contributed by atoms with van der Waals surface area (Å²) in [5, 5.41) is 7.98. The first-order valence-corrected chi connectivity index (χ1v) is 8.96. The highest BCUT2D eigenvalue weighted by Gasteiger charge is 2.34. The fourth-order valence-corrected chi connectivity index (χ4v) is 3.79. The lowest BCUT2D eigenvalue weighted by Crippen LogP contribution is -2.40. The molecule has 2 aromatic heterocycles. The van der Waals surface area contributed by atoms with Crippen LogP contribution in [0.4, 0.5) is 5.69 Å². The molecule has 3 heterocycles. The van der Waals surface area contributed by atoms with E-state index in [1.807, 2.05) is 30.0 Å². The van der Waals surface area contributed by atoms with Crippen LogP contribution in [0.5, 0.6) is 0 Å². The number of anilines is 1. The molecule has 0 bridgehead atoms. The number of hydrogen-bond donors (Lipinski definition) is 0. The van der Waals surface area contributed by atoms with E-state index in [9.17, 15) is 4.79 Å². The maximum Gasteiger partial charge on any atom is 0.284 e. The van der Waals surface area contributed by atoms with Crippen LogP contribution in [0.25, 0.3) is 11.7 Å². The van der Waals surface area contributed by atoms with Crippen molar-refractivity contribution in [3.8, 4) is 11.7 Å². The van der Waals surface area contributed by atoms with Gasteiger partial charge in [0.05, 0.1) is 11.5 Å². The van der Waals surface area contributed by atoms with Crippen molar-refractivity contribution in [2.24, 2.45) is 0 Å². The largest absolute Gasteiger partial charge is 0.459 e. The second-order valence-corrected chi connectivity index (χ2v) is 7.29. The van der Waals surface area contributed by atoms with Gasteiger partial charge in [0.1, 0.15) is 0 Å². The summed E-state index contributed by atoms with van der Waals surface area (Å²) in [6.45, 7) is 3.93. The number of carbonyl (C=O) groups excluding carboxylic acids is 1. The molecule has 128 valence electrons. The Morgan fingerprint density at radius 1 is 1.28 bits per heavy atom. The van der Waals surface area contributed by atoms with E-state index in [-0.39, 0.29) is 17.2 Å². The van der Waals surface area contributed by atoms with E-state index in [0.717, 1.165) is 12.1 Å². The number of thioether (sulfide) groups is 1. The Hall–Kier alpha value is -2.54. The third kappa shape index (κ3) is 2.95. The van der Waals surface area contributed by atoms with Gasteiger partial charge in [0.15, 0.2) is 5.76 Å². The normalized spacial score (nSPS) is 17.5. The zero-order valence-electron chi connectivity index (χ0n) is 13.9. The van der Waals surface area contributed by atoms with Crippen molar-refractivity contribution < 1.29 is 13.6 Å². The topological polar surface area (TPSA) is 72.4 Å². The van der Waals surface area contributed by atoms with E-state index in [1.165, 1.54) is 17.3 Å². The molecule has 1 aromatic carbocycles. The summed E-state index contributed by atoms with van der Waals surface area (Å²) in [6, 6.07) is 11.7. The molecule has 25 heavy (non-hydrogen) atoms. The predicted molar refractivity (Wildman–Crippen MR) is 94.4 cm³/mol. The highest BCUT2D eigenvalue weighted by molar-refractivity contribution is 8.00. The van der Waals surface area contributed by atoms with Crippen LogP contribution in [-0.2, 0) is 11.2 Å². The number of amides is 1. The first kappa shape index (κ1) is 16.0. The van der Waals surface area contributed by atoms with Gasteiger partial charge >= 0.3 is 0 Å². The first-order valence-electron chi connectivity index (χ1n) is 8.08. The molecule has 0 unspecified atom stereocenters. The zero-order chi connectivity index (χ0) is 17.4. The summed E-state index contributed by atoms with van der Waals surface area (Å²) in [6.07, 6.45) is 2.42. The molecule has 0 saturated heterocycles. The predicted octanol–water partition coefficient (Wildman–Crippen LogP) is 3.79. The number of para-hydroxylation sites is 1. The van der Waals surface area contributed by atoms with E-state index in [0.29, 0.717) is 16.9 Å². The second-order valence-electron chi connectivity index (χ2n) is 6.00. The van der Waals surface area contributed by atoms with Crippen molar-refractivity contribution >= 4 is 23.4 Å². The van der Waals surface area contributed by atoms with Crippen molar-refractivity contribution in [1.29, 1.82) is 0 Å². The van der Waals surface area contributed by atoms with Crippen molar-refractivity contribution in [2.75, 3.05) is 4.90 Å². The second kappa shape index (κ2) is 6.40. The maximum atomic E-state index is 13.0. The maximum absolute atomic E-state index is 13.0. The molecule has 1 amide bonds. The van der Waals surface area contributed by atoms with Crippen molar-refractivity contribution in [1.82, 2.24) is 10.2 Å². The molecule has 1 aliphatic heterocycles. The lowest BCUT2D eigenvalue weighted by molar-refractivity contribution is -0.118. The summed E-state index contributed by atoms with van der Waals surface area (Å²) in [4.78, 5) is 14.8. The van der Waals surface area contributed by atoms with Gasteiger partial charge in [-0.1, -0.05) is 30.0 Å². The number of fused-ring (bicyclic) bond motifs is 1. The van der Waals surface area contributed by atoms with Crippen LogP contribution in [0, 0.1) is 0 Å². The van der Waals surface area contributed by atoms with E-state index in [1.54, 1.807) is 18.4 Å². The standard InChI is InChI=1S/C18H17N3O3S/c1-11-10-13-6-3-4-7-14(13)21(11)17(22)12(2)25-18-20-19-16(24-18)15-8-5-9-23-15/h3-9,11-12H,10H2,1-2H3/t11-,12-/m1/s1. The molecule has 0 saturated carbocycles. The van der Waals surface area contributed by atoms with Crippen molar-refractivity contribution in [3.05, 3.63) is 48.2 Å². The number of rotatable bonds is 4. The molecule has 3 aromatic rings. The summed E-state index contributed by atoms with van der Waals surface area (Å²) in [7, 11) is 0. The smallest absolute Gasteiger partial charge is 0.284 e.